The monoisotopic (exact) mass is 326 g/mol. The van der Waals surface area contributed by atoms with Crippen LogP contribution in [0.3, 0.4) is 0 Å². The van der Waals surface area contributed by atoms with Crippen molar-refractivity contribution in [2.75, 3.05) is 21.3 Å². The topological polar surface area (TPSA) is 44.8 Å². The number of benzene rings is 2. The standard InChI is InChI=1S/C20H22O4/c1-22-17-13-16(19(20(21)24-3)18(14-17)23-2)12-8-7-11-15-9-5-4-6-10-15/h4-6,8-10,12-14H,7,11H2,1-3H3/b12-8+. The van der Waals surface area contributed by atoms with Crippen molar-refractivity contribution in [2.45, 2.75) is 12.8 Å². The van der Waals surface area contributed by atoms with Gasteiger partial charge < -0.3 is 14.2 Å². The lowest BCUT2D eigenvalue weighted by Crippen LogP contribution is -2.07. The van der Waals surface area contributed by atoms with Gasteiger partial charge >= 0.3 is 5.97 Å². The van der Waals surface area contributed by atoms with E-state index >= 15 is 0 Å². The summed E-state index contributed by atoms with van der Waals surface area (Å²) in [7, 11) is 4.45. The van der Waals surface area contributed by atoms with E-state index in [-0.39, 0.29) is 0 Å². The molecule has 2 rings (SSSR count). The first kappa shape index (κ1) is 17.6. The van der Waals surface area contributed by atoms with Crippen LogP contribution < -0.4 is 9.47 Å². The highest BCUT2D eigenvalue weighted by Crippen LogP contribution is 2.30. The van der Waals surface area contributed by atoms with Gasteiger partial charge in [-0.05, 0) is 30.0 Å². The minimum atomic E-state index is -0.433. The van der Waals surface area contributed by atoms with Gasteiger partial charge in [0, 0.05) is 6.07 Å². The predicted molar refractivity (Wildman–Crippen MR) is 94.7 cm³/mol. The normalized spacial score (nSPS) is 10.6. The SMILES string of the molecule is COC(=O)c1c(/C=C/CCc2ccccc2)cc(OC)cc1OC. The largest absolute Gasteiger partial charge is 0.497 e. The fourth-order valence-corrected chi connectivity index (χ4v) is 2.45. The Morgan fingerprint density at radius 3 is 2.42 bits per heavy atom. The minimum Gasteiger partial charge on any atom is -0.497 e. The molecule has 0 unspecified atom stereocenters. The van der Waals surface area contributed by atoms with Crippen LogP contribution in [-0.2, 0) is 11.2 Å². The third kappa shape index (κ3) is 4.38. The summed E-state index contributed by atoms with van der Waals surface area (Å²) in [5.41, 5.74) is 2.39. The zero-order valence-electron chi connectivity index (χ0n) is 14.2. The first-order valence-electron chi connectivity index (χ1n) is 7.74. The Morgan fingerprint density at radius 2 is 1.79 bits per heavy atom. The molecule has 0 aliphatic heterocycles. The summed E-state index contributed by atoms with van der Waals surface area (Å²) < 4.78 is 15.5. The third-order valence-corrected chi connectivity index (χ3v) is 3.69. The molecular weight excluding hydrogens is 304 g/mol. The molecule has 0 aliphatic carbocycles. The Kier molecular flexibility index (Phi) is 6.43. The number of hydrogen-bond donors (Lipinski definition) is 0. The molecule has 24 heavy (non-hydrogen) atoms. The summed E-state index contributed by atoms with van der Waals surface area (Å²) in [4.78, 5) is 12.1. The molecule has 2 aromatic carbocycles. The highest BCUT2D eigenvalue weighted by molar-refractivity contribution is 5.97. The van der Waals surface area contributed by atoms with Crippen LogP contribution in [0.5, 0.6) is 11.5 Å². The van der Waals surface area contributed by atoms with Crippen molar-refractivity contribution >= 4 is 12.0 Å². The summed E-state index contributed by atoms with van der Waals surface area (Å²) in [6, 6.07) is 13.7. The van der Waals surface area contributed by atoms with Gasteiger partial charge in [0.2, 0.25) is 0 Å². The van der Waals surface area contributed by atoms with Crippen molar-refractivity contribution in [3.8, 4) is 11.5 Å². The number of rotatable bonds is 7. The van der Waals surface area contributed by atoms with Crippen LogP contribution in [0.15, 0.2) is 48.5 Å². The Balaban J connectivity index is 2.23. The van der Waals surface area contributed by atoms with E-state index in [9.17, 15) is 4.79 Å². The minimum absolute atomic E-state index is 0.400. The van der Waals surface area contributed by atoms with Crippen LogP contribution in [0, 0.1) is 0 Å². The zero-order chi connectivity index (χ0) is 17.4. The Hall–Kier alpha value is -2.75. The van der Waals surface area contributed by atoms with E-state index in [1.54, 1.807) is 19.2 Å². The molecule has 0 aromatic heterocycles. The van der Waals surface area contributed by atoms with E-state index in [0.29, 0.717) is 22.6 Å². The molecule has 4 heteroatoms. The van der Waals surface area contributed by atoms with Gasteiger partial charge in [0.1, 0.15) is 17.1 Å². The quantitative estimate of drug-likeness (QED) is 0.718. The number of carbonyl (C=O) groups excluding carboxylic acids is 1. The van der Waals surface area contributed by atoms with Crippen molar-refractivity contribution in [2.24, 2.45) is 0 Å². The second-order valence-corrected chi connectivity index (χ2v) is 5.21. The maximum Gasteiger partial charge on any atom is 0.342 e. The molecule has 126 valence electrons. The highest BCUT2D eigenvalue weighted by atomic mass is 16.5. The fourth-order valence-electron chi connectivity index (χ4n) is 2.45. The number of carbonyl (C=O) groups is 1. The lowest BCUT2D eigenvalue weighted by Gasteiger charge is -2.12. The maximum absolute atomic E-state index is 12.1. The Labute approximate surface area is 142 Å². The molecule has 0 heterocycles. The molecule has 0 spiro atoms. The molecule has 0 amide bonds. The van der Waals surface area contributed by atoms with E-state index < -0.39 is 5.97 Å². The van der Waals surface area contributed by atoms with Gasteiger partial charge in [-0.1, -0.05) is 42.5 Å². The van der Waals surface area contributed by atoms with Crippen LogP contribution in [-0.4, -0.2) is 27.3 Å². The smallest absolute Gasteiger partial charge is 0.342 e. The summed E-state index contributed by atoms with van der Waals surface area (Å²) in [6.07, 6.45) is 5.74. The van der Waals surface area contributed by atoms with Crippen molar-refractivity contribution in [1.29, 1.82) is 0 Å². The number of esters is 1. The summed E-state index contributed by atoms with van der Waals surface area (Å²) >= 11 is 0. The van der Waals surface area contributed by atoms with Crippen LogP contribution in [0.4, 0.5) is 0 Å². The van der Waals surface area contributed by atoms with Crippen molar-refractivity contribution < 1.29 is 19.0 Å². The van der Waals surface area contributed by atoms with Crippen LogP contribution >= 0.6 is 0 Å². The molecule has 0 N–H and O–H groups in total. The first-order valence-corrected chi connectivity index (χ1v) is 7.74. The van der Waals surface area contributed by atoms with E-state index in [1.807, 2.05) is 30.4 Å². The average Bonchev–Trinajstić information content (AvgIpc) is 2.64. The summed E-state index contributed by atoms with van der Waals surface area (Å²) in [6.45, 7) is 0. The number of hydrogen-bond acceptors (Lipinski definition) is 4. The second-order valence-electron chi connectivity index (χ2n) is 5.21. The van der Waals surface area contributed by atoms with Gasteiger partial charge in [-0.25, -0.2) is 4.79 Å². The molecular formula is C20H22O4. The van der Waals surface area contributed by atoms with Crippen molar-refractivity contribution in [1.82, 2.24) is 0 Å². The van der Waals surface area contributed by atoms with Crippen LogP contribution in [0.1, 0.15) is 27.9 Å². The van der Waals surface area contributed by atoms with E-state index in [2.05, 4.69) is 12.1 Å². The molecule has 0 saturated carbocycles. The molecule has 4 nitrogen and oxygen atoms in total. The first-order chi connectivity index (χ1) is 11.7. The van der Waals surface area contributed by atoms with Gasteiger partial charge in [-0.3, -0.25) is 0 Å². The van der Waals surface area contributed by atoms with E-state index in [0.717, 1.165) is 12.8 Å². The number of allylic oxidation sites excluding steroid dienone is 1. The van der Waals surface area contributed by atoms with Gasteiger partial charge in [-0.2, -0.15) is 0 Å². The lowest BCUT2D eigenvalue weighted by molar-refractivity contribution is 0.0597. The molecule has 0 fully saturated rings. The fraction of sp³-hybridized carbons (Fsp3) is 0.250. The molecule has 0 bridgehead atoms. The zero-order valence-corrected chi connectivity index (χ0v) is 14.2. The maximum atomic E-state index is 12.1. The molecule has 0 aliphatic rings. The van der Waals surface area contributed by atoms with Crippen molar-refractivity contribution in [3.63, 3.8) is 0 Å². The van der Waals surface area contributed by atoms with Gasteiger partial charge in [0.05, 0.1) is 21.3 Å². The van der Waals surface area contributed by atoms with Gasteiger partial charge in [0.25, 0.3) is 0 Å². The Morgan fingerprint density at radius 1 is 1.04 bits per heavy atom. The van der Waals surface area contributed by atoms with Crippen molar-refractivity contribution in [3.05, 3.63) is 65.2 Å². The van der Waals surface area contributed by atoms with Crippen LogP contribution in [0.25, 0.3) is 6.08 Å². The lowest BCUT2D eigenvalue weighted by atomic mass is 10.0. The molecule has 2 aromatic rings. The molecule has 0 atom stereocenters. The Bertz CT molecular complexity index is 705. The average molecular weight is 326 g/mol. The van der Waals surface area contributed by atoms with E-state index in [1.165, 1.54) is 19.8 Å². The van der Waals surface area contributed by atoms with Gasteiger partial charge in [-0.15, -0.1) is 0 Å². The second kappa shape index (κ2) is 8.77. The van der Waals surface area contributed by atoms with Gasteiger partial charge in [0.15, 0.2) is 0 Å². The van der Waals surface area contributed by atoms with Crippen LogP contribution in [0.2, 0.25) is 0 Å². The highest BCUT2D eigenvalue weighted by Gasteiger charge is 2.18. The van der Waals surface area contributed by atoms with E-state index in [4.69, 9.17) is 14.2 Å². The molecule has 0 saturated heterocycles. The number of ether oxygens (including phenoxy) is 3. The summed E-state index contributed by atoms with van der Waals surface area (Å²) in [5.74, 6) is 0.628. The summed E-state index contributed by atoms with van der Waals surface area (Å²) in [5, 5.41) is 0. The molecule has 0 radical (unpaired) electrons. The third-order valence-electron chi connectivity index (χ3n) is 3.69. The number of aryl methyl sites for hydroxylation is 1. The predicted octanol–water partition coefficient (Wildman–Crippen LogP) is 4.14. The number of methoxy groups -OCH3 is 3.